The molecule has 0 bridgehead atoms. The Morgan fingerprint density at radius 1 is 1.31 bits per heavy atom. The van der Waals surface area contributed by atoms with Gasteiger partial charge in [0.2, 0.25) is 0 Å². The Morgan fingerprint density at radius 3 is 2.85 bits per heavy atom. The minimum absolute atomic E-state index is 0.213. The van der Waals surface area contributed by atoms with Gasteiger partial charge in [-0.2, -0.15) is 0 Å². The number of hydrogen-bond acceptors (Lipinski definition) is 3. The molecule has 2 aromatic rings. The van der Waals surface area contributed by atoms with Crippen LogP contribution in [0.1, 0.15) is 5.69 Å². The van der Waals surface area contributed by atoms with E-state index in [0.29, 0.717) is 5.69 Å². The summed E-state index contributed by atoms with van der Waals surface area (Å²) in [5.74, 6) is 0.213. The van der Waals surface area contributed by atoms with E-state index in [9.17, 15) is 5.11 Å². The van der Waals surface area contributed by atoms with Gasteiger partial charge in [-0.3, -0.25) is 4.98 Å². The highest BCUT2D eigenvalue weighted by Crippen LogP contribution is 2.24. The van der Waals surface area contributed by atoms with Crippen LogP contribution in [0.25, 0.3) is 10.9 Å². The van der Waals surface area contributed by atoms with Gasteiger partial charge in [0.25, 0.3) is 0 Å². The number of aromatic hydroxyl groups is 1. The van der Waals surface area contributed by atoms with Gasteiger partial charge < -0.3 is 10.8 Å². The van der Waals surface area contributed by atoms with Crippen LogP contribution in [0.4, 0.5) is 5.69 Å². The second-order valence-corrected chi connectivity index (χ2v) is 3.05. The third-order valence-electron chi connectivity index (χ3n) is 1.95. The van der Waals surface area contributed by atoms with Gasteiger partial charge in [0, 0.05) is 16.8 Å². The van der Waals surface area contributed by atoms with Gasteiger partial charge in [-0.1, -0.05) is 0 Å². The third kappa shape index (κ3) is 1.28. The molecule has 1 aromatic heterocycles. The summed E-state index contributed by atoms with van der Waals surface area (Å²) in [6.45, 7) is 1.89. The quantitative estimate of drug-likeness (QED) is 0.640. The van der Waals surface area contributed by atoms with Crippen molar-refractivity contribution in [1.82, 2.24) is 4.98 Å². The molecule has 0 amide bonds. The minimum atomic E-state index is 0.213. The molecule has 0 atom stereocenters. The lowest BCUT2D eigenvalue weighted by molar-refractivity contribution is 0.476. The molecule has 0 fully saturated rings. The van der Waals surface area contributed by atoms with Crippen molar-refractivity contribution in [3.05, 3.63) is 30.0 Å². The first-order chi connectivity index (χ1) is 6.16. The Hall–Kier alpha value is -1.77. The summed E-state index contributed by atoms with van der Waals surface area (Å²) in [6, 6.07) is 6.78. The van der Waals surface area contributed by atoms with Crippen molar-refractivity contribution in [2.45, 2.75) is 6.92 Å². The number of nitrogens with zero attached hydrogens (tertiary/aromatic N) is 1. The normalized spacial score (nSPS) is 10.5. The van der Waals surface area contributed by atoms with Crippen LogP contribution in [0.5, 0.6) is 5.75 Å². The number of nitrogens with two attached hydrogens (primary N) is 1. The summed E-state index contributed by atoms with van der Waals surface area (Å²) < 4.78 is 0. The molecule has 0 aliphatic carbocycles. The first kappa shape index (κ1) is 7.86. The van der Waals surface area contributed by atoms with Crippen LogP contribution in [0.15, 0.2) is 24.3 Å². The summed E-state index contributed by atoms with van der Waals surface area (Å²) in [4.78, 5) is 4.29. The van der Waals surface area contributed by atoms with E-state index >= 15 is 0 Å². The van der Waals surface area contributed by atoms with Crippen LogP contribution >= 0.6 is 0 Å². The van der Waals surface area contributed by atoms with Crippen molar-refractivity contribution < 1.29 is 5.11 Å². The zero-order valence-electron chi connectivity index (χ0n) is 7.28. The highest BCUT2D eigenvalue weighted by Gasteiger charge is 2.01. The maximum absolute atomic E-state index is 9.24. The molecule has 0 aliphatic rings. The van der Waals surface area contributed by atoms with Crippen LogP contribution in [0, 0.1) is 6.92 Å². The number of benzene rings is 1. The summed E-state index contributed by atoms with van der Waals surface area (Å²) in [5.41, 5.74) is 8.13. The predicted molar refractivity (Wildman–Crippen MR) is 52.6 cm³/mol. The Kier molecular flexibility index (Phi) is 1.59. The first-order valence-corrected chi connectivity index (χ1v) is 4.02. The van der Waals surface area contributed by atoms with E-state index in [0.717, 1.165) is 16.6 Å². The van der Waals surface area contributed by atoms with E-state index < -0.39 is 0 Å². The lowest BCUT2D eigenvalue weighted by Gasteiger charge is -2.03. The Balaban J connectivity index is 2.87. The molecule has 1 heterocycles. The fourth-order valence-electron chi connectivity index (χ4n) is 1.38. The van der Waals surface area contributed by atoms with Crippen molar-refractivity contribution in [1.29, 1.82) is 0 Å². The van der Waals surface area contributed by atoms with Gasteiger partial charge in [0.15, 0.2) is 0 Å². The number of hydrogen-bond donors (Lipinski definition) is 2. The first-order valence-electron chi connectivity index (χ1n) is 4.02. The molecule has 2 rings (SSSR count). The van der Waals surface area contributed by atoms with E-state index in [1.165, 1.54) is 0 Å². The lowest BCUT2D eigenvalue weighted by atomic mass is 10.1. The van der Waals surface area contributed by atoms with Crippen molar-refractivity contribution in [3.8, 4) is 5.75 Å². The smallest absolute Gasteiger partial charge is 0.116 e. The van der Waals surface area contributed by atoms with Crippen LogP contribution < -0.4 is 5.73 Å². The predicted octanol–water partition coefficient (Wildman–Crippen LogP) is 1.83. The second-order valence-electron chi connectivity index (χ2n) is 3.05. The standard InChI is InChI=1S/C10H10N2O/c1-6-4-9(11)8-5-7(13)2-3-10(8)12-6/h2-5,13H,1H3,(H2,11,12). The number of phenols is 1. The van der Waals surface area contributed by atoms with Gasteiger partial charge in [-0.05, 0) is 31.2 Å². The molecule has 0 radical (unpaired) electrons. The van der Waals surface area contributed by atoms with E-state index in [4.69, 9.17) is 5.73 Å². The number of aromatic nitrogens is 1. The average molecular weight is 174 g/mol. The topological polar surface area (TPSA) is 59.1 Å². The summed E-state index contributed by atoms with van der Waals surface area (Å²) in [7, 11) is 0. The van der Waals surface area contributed by atoms with E-state index in [1.807, 2.05) is 6.92 Å². The summed E-state index contributed by atoms with van der Waals surface area (Å²) in [6.07, 6.45) is 0. The number of aryl methyl sites for hydroxylation is 1. The molecule has 3 heteroatoms. The molecule has 13 heavy (non-hydrogen) atoms. The Bertz CT molecular complexity index is 466. The monoisotopic (exact) mass is 174 g/mol. The number of pyridine rings is 1. The molecule has 0 saturated heterocycles. The fraction of sp³-hybridized carbons (Fsp3) is 0.100. The molecule has 3 nitrogen and oxygen atoms in total. The van der Waals surface area contributed by atoms with Crippen molar-refractivity contribution in [2.75, 3.05) is 5.73 Å². The van der Waals surface area contributed by atoms with Crippen LogP contribution in [-0.2, 0) is 0 Å². The Morgan fingerprint density at radius 2 is 2.08 bits per heavy atom. The van der Waals surface area contributed by atoms with Gasteiger partial charge in [0.1, 0.15) is 5.75 Å². The van der Waals surface area contributed by atoms with Crippen molar-refractivity contribution >= 4 is 16.6 Å². The lowest BCUT2D eigenvalue weighted by Crippen LogP contribution is -1.91. The molecule has 66 valence electrons. The molecule has 0 unspecified atom stereocenters. The fourth-order valence-corrected chi connectivity index (χ4v) is 1.38. The van der Waals surface area contributed by atoms with E-state index in [-0.39, 0.29) is 5.75 Å². The maximum atomic E-state index is 9.24. The van der Waals surface area contributed by atoms with Gasteiger partial charge in [-0.25, -0.2) is 0 Å². The minimum Gasteiger partial charge on any atom is -0.508 e. The van der Waals surface area contributed by atoms with Crippen molar-refractivity contribution in [2.24, 2.45) is 0 Å². The van der Waals surface area contributed by atoms with Crippen LogP contribution in [0.2, 0.25) is 0 Å². The third-order valence-corrected chi connectivity index (χ3v) is 1.95. The van der Waals surface area contributed by atoms with Gasteiger partial charge in [-0.15, -0.1) is 0 Å². The van der Waals surface area contributed by atoms with E-state index in [1.54, 1.807) is 24.3 Å². The summed E-state index contributed by atoms with van der Waals surface area (Å²) in [5, 5.41) is 10.0. The average Bonchev–Trinajstić information content (AvgIpc) is 2.06. The molecular formula is C10H10N2O. The number of fused-ring (bicyclic) bond motifs is 1. The SMILES string of the molecule is Cc1cc(N)c2cc(O)ccc2n1. The molecule has 0 spiro atoms. The molecule has 0 aliphatic heterocycles. The maximum Gasteiger partial charge on any atom is 0.116 e. The number of rotatable bonds is 0. The Labute approximate surface area is 75.8 Å². The van der Waals surface area contributed by atoms with Gasteiger partial charge in [0.05, 0.1) is 5.52 Å². The van der Waals surface area contributed by atoms with Crippen LogP contribution in [-0.4, -0.2) is 10.1 Å². The molecular weight excluding hydrogens is 164 g/mol. The highest BCUT2D eigenvalue weighted by atomic mass is 16.3. The zero-order chi connectivity index (χ0) is 9.42. The second kappa shape index (κ2) is 2.62. The van der Waals surface area contributed by atoms with Gasteiger partial charge >= 0.3 is 0 Å². The highest BCUT2D eigenvalue weighted by molar-refractivity contribution is 5.91. The number of phenolic OH excluding ortho intramolecular Hbond substituents is 1. The zero-order valence-corrected chi connectivity index (χ0v) is 7.28. The molecule has 0 saturated carbocycles. The van der Waals surface area contributed by atoms with Crippen LogP contribution in [0.3, 0.4) is 0 Å². The number of nitrogen functional groups attached to an aromatic ring is 1. The molecule has 3 N–H and O–H groups in total. The largest absolute Gasteiger partial charge is 0.508 e. The number of anilines is 1. The van der Waals surface area contributed by atoms with E-state index in [2.05, 4.69) is 4.98 Å². The molecule has 1 aromatic carbocycles. The van der Waals surface area contributed by atoms with Crippen molar-refractivity contribution in [3.63, 3.8) is 0 Å². The summed E-state index contributed by atoms with van der Waals surface area (Å²) >= 11 is 0.